The number of rotatable bonds is 4. The lowest BCUT2D eigenvalue weighted by molar-refractivity contribution is -0.119. The normalized spacial score (nSPS) is 16.1. The molecule has 1 aromatic heterocycles. The summed E-state index contributed by atoms with van der Waals surface area (Å²) in [6.45, 7) is 0.553. The fraction of sp³-hybridized carbons (Fsp3) is 0.200. The maximum atomic E-state index is 12.9. The molecule has 1 aliphatic rings. The molecule has 2 amide bonds. The molecule has 148 valence electrons. The SMILES string of the molecule is O=C(Nc1nnc(-c2cccc(Br)c2)s1)C1CCCN1C(=O)c1ccccc1Br. The Morgan fingerprint density at radius 1 is 1.10 bits per heavy atom. The lowest BCUT2D eigenvalue weighted by Gasteiger charge is -2.24. The zero-order chi connectivity index (χ0) is 20.4. The Hall–Kier alpha value is -2.10. The first-order chi connectivity index (χ1) is 14.0. The Morgan fingerprint density at radius 2 is 1.93 bits per heavy atom. The summed E-state index contributed by atoms with van der Waals surface area (Å²) in [7, 11) is 0. The van der Waals surface area contributed by atoms with Crippen LogP contribution in [0.15, 0.2) is 57.5 Å². The average Bonchev–Trinajstić information content (AvgIpc) is 3.37. The summed E-state index contributed by atoms with van der Waals surface area (Å²) in [6, 6.07) is 14.5. The molecule has 4 rings (SSSR count). The number of likely N-dealkylation sites (tertiary alicyclic amines) is 1. The third kappa shape index (κ3) is 4.41. The maximum Gasteiger partial charge on any atom is 0.255 e. The van der Waals surface area contributed by atoms with E-state index in [1.165, 1.54) is 11.3 Å². The second-order valence-electron chi connectivity index (χ2n) is 6.55. The highest BCUT2D eigenvalue weighted by Gasteiger charge is 2.35. The van der Waals surface area contributed by atoms with Gasteiger partial charge in [0.05, 0.1) is 5.56 Å². The fourth-order valence-electron chi connectivity index (χ4n) is 3.27. The van der Waals surface area contributed by atoms with E-state index >= 15 is 0 Å². The second-order valence-corrected chi connectivity index (χ2v) is 9.30. The number of benzene rings is 2. The third-order valence-corrected chi connectivity index (χ3v) is 6.72. The summed E-state index contributed by atoms with van der Waals surface area (Å²) < 4.78 is 1.67. The first-order valence-corrected chi connectivity index (χ1v) is 11.4. The monoisotopic (exact) mass is 534 g/mol. The van der Waals surface area contributed by atoms with Gasteiger partial charge in [0, 0.05) is 21.1 Å². The molecule has 0 spiro atoms. The number of hydrogen-bond acceptors (Lipinski definition) is 5. The van der Waals surface area contributed by atoms with Gasteiger partial charge in [-0.1, -0.05) is 51.5 Å². The minimum atomic E-state index is -0.521. The molecule has 1 N–H and O–H groups in total. The molecule has 2 heterocycles. The van der Waals surface area contributed by atoms with Gasteiger partial charge in [-0.15, -0.1) is 10.2 Å². The number of carbonyl (C=O) groups excluding carboxylic acids is 2. The first kappa shape index (κ1) is 20.2. The van der Waals surface area contributed by atoms with E-state index in [4.69, 9.17) is 0 Å². The van der Waals surface area contributed by atoms with Crippen LogP contribution < -0.4 is 5.32 Å². The number of nitrogens with zero attached hydrogens (tertiary/aromatic N) is 3. The summed E-state index contributed by atoms with van der Waals surface area (Å²) in [5.74, 6) is -0.387. The van der Waals surface area contributed by atoms with Crippen LogP contribution in [0, 0.1) is 0 Å². The van der Waals surface area contributed by atoms with Crippen molar-refractivity contribution in [3.63, 3.8) is 0 Å². The number of hydrogen-bond donors (Lipinski definition) is 1. The minimum absolute atomic E-state index is 0.151. The topological polar surface area (TPSA) is 75.2 Å². The van der Waals surface area contributed by atoms with Crippen molar-refractivity contribution in [2.24, 2.45) is 0 Å². The molecule has 1 aliphatic heterocycles. The largest absolute Gasteiger partial charge is 0.327 e. The number of halogens is 2. The van der Waals surface area contributed by atoms with E-state index in [0.717, 1.165) is 20.9 Å². The smallest absolute Gasteiger partial charge is 0.255 e. The van der Waals surface area contributed by atoms with Crippen molar-refractivity contribution in [3.05, 3.63) is 63.0 Å². The Bertz CT molecular complexity index is 1070. The van der Waals surface area contributed by atoms with Crippen LogP contribution in [0.5, 0.6) is 0 Å². The van der Waals surface area contributed by atoms with Gasteiger partial charge in [-0.25, -0.2) is 0 Å². The van der Waals surface area contributed by atoms with Crippen LogP contribution in [0.1, 0.15) is 23.2 Å². The molecule has 3 aromatic rings. The van der Waals surface area contributed by atoms with Gasteiger partial charge in [0.2, 0.25) is 11.0 Å². The third-order valence-electron chi connectivity index (χ3n) is 4.65. The summed E-state index contributed by atoms with van der Waals surface area (Å²) >= 11 is 8.16. The van der Waals surface area contributed by atoms with Crippen molar-refractivity contribution in [2.75, 3.05) is 11.9 Å². The van der Waals surface area contributed by atoms with Gasteiger partial charge in [-0.3, -0.25) is 14.9 Å². The highest BCUT2D eigenvalue weighted by Crippen LogP contribution is 2.29. The molecule has 0 bridgehead atoms. The highest BCUT2D eigenvalue weighted by molar-refractivity contribution is 9.10. The van der Waals surface area contributed by atoms with Crippen molar-refractivity contribution < 1.29 is 9.59 Å². The predicted octanol–water partition coefficient (Wildman–Crippen LogP) is 4.97. The zero-order valence-corrected chi connectivity index (χ0v) is 19.1. The van der Waals surface area contributed by atoms with Gasteiger partial charge in [-0.2, -0.15) is 0 Å². The molecule has 1 atom stereocenters. The molecule has 0 radical (unpaired) electrons. The molecule has 2 aromatic carbocycles. The van der Waals surface area contributed by atoms with Gasteiger partial charge in [0.25, 0.3) is 5.91 Å². The molecule has 0 aliphatic carbocycles. The number of amides is 2. The highest BCUT2D eigenvalue weighted by atomic mass is 79.9. The van der Waals surface area contributed by atoms with Gasteiger partial charge in [0.1, 0.15) is 11.0 Å². The van der Waals surface area contributed by atoms with Gasteiger partial charge in [-0.05, 0) is 53.0 Å². The lowest BCUT2D eigenvalue weighted by atomic mass is 10.1. The van der Waals surface area contributed by atoms with Crippen LogP contribution in [-0.2, 0) is 4.79 Å². The van der Waals surface area contributed by atoms with Crippen molar-refractivity contribution in [1.29, 1.82) is 0 Å². The molecule has 6 nitrogen and oxygen atoms in total. The van der Waals surface area contributed by atoms with E-state index in [9.17, 15) is 9.59 Å². The first-order valence-electron chi connectivity index (χ1n) is 8.99. The van der Waals surface area contributed by atoms with Crippen LogP contribution in [0.4, 0.5) is 5.13 Å². The number of anilines is 1. The lowest BCUT2D eigenvalue weighted by Crippen LogP contribution is -2.43. The molecule has 1 fully saturated rings. The van der Waals surface area contributed by atoms with E-state index in [-0.39, 0.29) is 11.8 Å². The number of nitrogens with one attached hydrogen (secondary N) is 1. The molecule has 29 heavy (non-hydrogen) atoms. The van der Waals surface area contributed by atoms with E-state index in [1.54, 1.807) is 11.0 Å². The summed E-state index contributed by atoms with van der Waals surface area (Å²) in [5, 5.41) is 12.2. The van der Waals surface area contributed by atoms with Crippen molar-refractivity contribution in [2.45, 2.75) is 18.9 Å². The standard InChI is InChI=1S/C20H16Br2N4O2S/c21-13-6-3-5-12(11-13)18-24-25-20(29-18)23-17(27)16-9-4-10-26(16)19(28)14-7-1-2-8-15(14)22/h1-3,5-8,11,16H,4,9-10H2,(H,23,25,27). The quantitative estimate of drug-likeness (QED) is 0.511. The fourth-order valence-corrected chi connectivity index (χ4v) is 4.87. The maximum absolute atomic E-state index is 12.9. The number of carbonyl (C=O) groups is 2. The van der Waals surface area contributed by atoms with E-state index in [0.29, 0.717) is 28.7 Å². The van der Waals surface area contributed by atoms with Crippen LogP contribution in [0.3, 0.4) is 0 Å². The van der Waals surface area contributed by atoms with Crippen LogP contribution in [-0.4, -0.2) is 39.5 Å². The van der Waals surface area contributed by atoms with Crippen LogP contribution >= 0.6 is 43.2 Å². The van der Waals surface area contributed by atoms with Crippen molar-refractivity contribution in [1.82, 2.24) is 15.1 Å². The Balaban J connectivity index is 1.48. The van der Waals surface area contributed by atoms with Gasteiger partial charge < -0.3 is 4.90 Å². The molecular formula is C20H16Br2N4O2S. The van der Waals surface area contributed by atoms with E-state index in [2.05, 4.69) is 47.4 Å². The Kier molecular flexibility index (Phi) is 6.07. The Morgan fingerprint density at radius 3 is 2.72 bits per heavy atom. The second kappa shape index (κ2) is 8.73. The van der Waals surface area contributed by atoms with Gasteiger partial charge in [0.15, 0.2) is 0 Å². The minimum Gasteiger partial charge on any atom is -0.327 e. The molecular weight excluding hydrogens is 520 g/mol. The van der Waals surface area contributed by atoms with E-state index in [1.807, 2.05) is 42.5 Å². The molecule has 1 unspecified atom stereocenters. The van der Waals surface area contributed by atoms with Crippen molar-refractivity contribution in [3.8, 4) is 10.6 Å². The molecule has 0 saturated carbocycles. The summed E-state index contributed by atoms with van der Waals surface area (Å²) in [6.07, 6.45) is 1.41. The average molecular weight is 536 g/mol. The van der Waals surface area contributed by atoms with Crippen LogP contribution in [0.2, 0.25) is 0 Å². The van der Waals surface area contributed by atoms with Crippen molar-refractivity contribution >= 4 is 60.1 Å². The predicted molar refractivity (Wildman–Crippen MR) is 120 cm³/mol. The molecule has 9 heteroatoms. The van der Waals surface area contributed by atoms with Crippen LogP contribution in [0.25, 0.3) is 10.6 Å². The Labute approximate surface area is 188 Å². The van der Waals surface area contributed by atoms with E-state index < -0.39 is 6.04 Å². The van der Waals surface area contributed by atoms with Gasteiger partial charge >= 0.3 is 0 Å². The zero-order valence-electron chi connectivity index (χ0n) is 15.1. The summed E-state index contributed by atoms with van der Waals surface area (Å²) in [4.78, 5) is 27.4. The summed E-state index contributed by atoms with van der Waals surface area (Å²) in [5.41, 5.74) is 1.48. The molecule has 1 saturated heterocycles. The number of aromatic nitrogens is 2.